The molecule has 4 heterocycles. The van der Waals surface area contributed by atoms with E-state index in [9.17, 15) is 30.8 Å². The predicted molar refractivity (Wildman–Crippen MR) is 155 cm³/mol. The van der Waals surface area contributed by atoms with Crippen molar-refractivity contribution < 1.29 is 35.5 Å². The van der Waals surface area contributed by atoms with Gasteiger partial charge in [0.15, 0.2) is 27.1 Å². The first kappa shape index (κ1) is 31.7. The molecule has 43 heavy (non-hydrogen) atoms. The number of carbonyl (C=O) groups excluding carboxylic acids is 1. The minimum absolute atomic E-state index is 0.0235. The Morgan fingerprint density at radius 3 is 2.47 bits per heavy atom. The van der Waals surface area contributed by atoms with E-state index < -0.39 is 33.1 Å². The van der Waals surface area contributed by atoms with Gasteiger partial charge >= 0.3 is 6.18 Å². The Labute approximate surface area is 253 Å². The number of carbonyl (C=O) groups is 1. The van der Waals surface area contributed by atoms with Crippen LogP contribution in [-0.4, -0.2) is 49.0 Å². The summed E-state index contributed by atoms with van der Waals surface area (Å²) in [4.78, 5) is 20.7. The molecule has 12 heteroatoms. The van der Waals surface area contributed by atoms with Gasteiger partial charge in [0.1, 0.15) is 5.60 Å². The summed E-state index contributed by atoms with van der Waals surface area (Å²) in [6, 6.07) is 9.24. The third-order valence-electron chi connectivity index (χ3n) is 8.50. The van der Waals surface area contributed by atoms with Gasteiger partial charge in [0.25, 0.3) is 0 Å². The van der Waals surface area contributed by atoms with Crippen LogP contribution in [0, 0.1) is 5.82 Å². The molecule has 2 atom stereocenters. The van der Waals surface area contributed by atoms with Gasteiger partial charge in [0.05, 0.1) is 21.6 Å². The zero-order valence-electron chi connectivity index (χ0n) is 24.2. The summed E-state index contributed by atoms with van der Waals surface area (Å²) in [6.45, 7) is 6.61. The number of nitrogens with zero attached hydrogens (tertiary/aromatic N) is 2. The number of sulfone groups is 1. The lowest BCUT2D eigenvalue weighted by atomic mass is 9.83. The summed E-state index contributed by atoms with van der Waals surface area (Å²) in [7, 11) is -3.28. The van der Waals surface area contributed by atoms with Gasteiger partial charge in [-0.2, -0.15) is 13.2 Å². The normalized spacial score (nSPS) is 19.7. The molecule has 5 rings (SSSR count). The van der Waals surface area contributed by atoms with Crippen molar-refractivity contribution in [3.8, 4) is 0 Å². The summed E-state index contributed by atoms with van der Waals surface area (Å²) in [5.74, 6) is -1.32. The average Bonchev–Trinajstić information content (AvgIpc) is 3.40. The van der Waals surface area contributed by atoms with Crippen LogP contribution in [0.1, 0.15) is 83.0 Å². The highest BCUT2D eigenvalue weighted by Gasteiger charge is 2.45. The Morgan fingerprint density at radius 1 is 1.19 bits per heavy atom. The van der Waals surface area contributed by atoms with Crippen LogP contribution in [-0.2, 0) is 39.2 Å². The molecule has 232 valence electrons. The SMILES string of the molecule is CCS(=O)(=O)c1ccc(CCC(=O)c2cc3c(s2)C2(CCN(C(C)c4cnc(C(F)(F)F)c(F)c4)CC2)O[C@@H](C)C3)cc1. The summed E-state index contributed by atoms with van der Waals surface area (Å²) in [5, 5.41) is 0. The van der Waals surface area contributed by atoms with Crippen molar-refractivity contribution in [2.24, 2.45) is 0 Å². The molecule has 0 bridgehead atoms. The van der Waals surface area contributed by atoms with Crippen molar-refractivity contribution in [1.29, 1.82) is 0 Å². The Kier molecular flexibility index (Phi) is 8.88. The number of ether oxygens (including phenoxy) is 1. The molecule has 0 N–H and O–H groups in total. The van der Waals surface area contributed by atoms with Gasteiger partial charge in [-0.1, -0.05) is 19.1 Å². The molecule has 2 aliphatic rings. The number of thiophene rings is 1. The number of piperidine rings is 1. The first-order valence-corrected chi connectivity index (χ1v) is 16.8. The molecule has 0 saturated carbocycles. The summed E-state index contributed by atoms with van der Waals surface area (Å²) in [6.07, 6.45) is -1.04. The van der Waals surface area contributed by atoms with E-state index in [4.69, 9.17) is 4.74 Å². The van der Waals surface area contributed by atoms with Crippen molar-refractivity contribution in [1.82, 2.24) is 9.88 Å². The molecule has 0 amide bonds. The Bertz CT molecular complexity index is 1590. The fourth-order valence-electron chi connectivity index (χ4n) is 6.02. The maximum atomic E-state index is 14.2. The maximum Gasteiger partial charge on any atom is 0.436 e. The molecule has 1 fully saturated rings. The number of alkyl halides is 3. The van der Waals surface area contributed by atoms with Gasteiger partial charge < -0.3 is 4.74 Å². The fourth-order valence-corrected chi connectivity index (χ4v) is 8.26. The Morgan fingerprint density at radius 2 is 1.86 bits per heavy atom. The quantitative estimate of drug-likeness (QED) is 0.197. The summed E-state index contributed by atoms with van der Waals surface area (Å²) >= 11 is 1.47. The number of hydrogen-bond donors (Lipinski definition) is 0. The predicted octanol–water partition coefficient (Wildman–Crippen LogP) is 6.92. The number of fused-ring (bicyclic) bond motifs is 2. The van der Waals surface area contributed by atoms with Crippen LogP contribution in [0.25, 0.3) is 0 Å². The minimum Gasteiger partial charge on any atom is -0.366 e. The van der Waals surface area contributed by atoms with Crippen LogP contribution in [0.5, 0.6) is 0 Å². The molecule has 2 aliphatic heterocycles. The molecule has 1 unspecified atom stereocenters. The fraction of sp³-hybridized carbons (Fsp3) is 0.484. The highest BCUT2D eigenvalue weighted by atomic mass is 32.2. The molecular weight excluding hydrogens is 604 g/mol. The number of benzene rings is 1. The zero-order chi connectivity index (χ0) is 31.2. The van der Waals surface area contributed by atoms with Gasteiger partial charge in [-0.3, -0.25) is 9.69 Å². The lowest BCUT2D eigenvalue weighted by Crippen LogP contribution is -2.48. The van der Waals surface area contributed by atoms with E-state index in [0.717, 1.165) is 28.3 Å². The standard InChI is InChI=1S/C31H34F4N2O4S2/c1-4-43(39,40)24-8-5-21(6-9-24)7-10-26(38)27-17-22-15-19(2)41-30(29(22)42-27)11-13-37(14-12-30)20(3)23-16-25(32)28(36-18-23)31(33,34)35/h5-6,8-9,16-20H,4,7,10-15H2,1-3H3/t19-,20?/m0/s1. The monoisotopic (exact) mass is 638 g/mol. The molecule has 0 radical (unpaired) electrons. The van der Waals surface area contributed by atoms with Crippen LogP contribution in [0.4, 0.5) is 17.6 Å². The van der Waals surface area contributed by atoms with E-state index in [1.54, 1.807) is 31.2 Å². The molecule has 1 saturated heterocycles. The summed E-state index contributed by atoms with van der Waals surface area (Å²) < 4.78 is 83.7. The Balaban J connectivity index is 1.26. The first-order valence-electron chi connectivity index (χ1n) is 14.3. The van der Waals surface area contributed by atoms with Gasteiger partial charge in [-0.05, 0) is 80.5 Å². The van der Waals surface area contributed by atoms with E-state index in [1.165, 1.54) is 11.3 Å². The molecule has 0 aliphatic carbocycles. The average molecular weight is 639 g/mol. The van der Waals surface area contributed by atoms with E-state index in [1.807, 2.05) is 19.9 Å². The smallest absolute Gasteiger partial charge is 0.366 e. The number of hydrogen-bond acceptors (Lipinski definition) is 7. The number of halogens is 4. The van der Waals surface area contributed by atoms with Gasteiger partial charge in [0.2, 0.25) is 0 Å². The van der Waals surface area contributed by atoms with Crippen molar-refractivity contribution in [3.05, 3.63) is 80.6 Å². The van der Waals surface area contributed by atoms with Crippen LogP contribution in [0.15, 0.2) is 47.5 Å². The summed E-state index contributed by atoms with van der Waals surface area (Å²) in [5.41, 5.74) is 0.308. The number of aryl methyl sites for hydroxylation is 1. The second kappa shape index (κ2) is 12.0. The third kappa shape index (κ3) is 6.57. The molecular formula is C31H34F4N2O4S2. The molecule has 2 aromatic heterocycles. The third-order valence-corrected chi connectivity index (χ3v) is 11.7. The van der Waals surface area contributed by atoms with Crippen molar-refractivity contribution in [3.63, 3.8) is 0 Å². The highest BCUT2D eigenvalue weighted by Crippen LogP contribution is 2.48. The number of Topliss-reactive ketones (excluding diaryl/α,β-unsaturated/α-hetero) is 1. The topological polar surface area (TPSA) is 76.6 Å². The van der Waals surface area contributed by atoms with Crippen molar-refractivity contribution >= 4 is 27.0 Å². The Hall–Kier alpha value is -2.67. The largest absolute Gasteiger partial charge is 0.436 e. The van der Waals surface area contributed by atoms with E-state index >= 15 is 0 Å². The first-order chi connectivity index (χ1) is 20.2. The number of rotatable bonds is 8. The second-order valence-corrected chi connectivity index (χ2v) is 14.7. The van der Waals surface area contributed by atoms with Crippen molar-refractivity contribution in [2.75, 3.05) is 18.8 Å². The zero-order valence-corrected chi connectivity index (χ0v) is 25.8. The molecule has 1 spiro atoms. The number of ketones is 1. The minimum atomic E-state index is -4.84. The van der Waals surface area contributed by atoms with Gasteiger partial charge in [0, 0.05) is 36.6 Å². The second-order valence-electron chi connectivity index (χ2n) is 11.4. The number of aromatic nitrogens is 1. The van der Waals surface area contributed by atoms with Crippen molar-refractivity contribution in [2.45, 2.75) is 81.7 Å². The lowest BCUT2D eigenvalue weighted by molar-refractivity contribution is -0.143. The van der Waals surface area contributed by atoms with Gasteiger partial charge in [-0.15, -0.1) is 11.3 Å². The van der Waals surface area contributed by atoms with Crippen LogP contribution < -0.4 is 0 Å². The molecule has 6 nitrogen and oxygen atoms in total. The van der Waals surface area contributed by atoms with Crippen LogP contribution in [0.3, 0.4) is 0 Å². The van der Waals surface area contributed by atoms with E-state index in [0.29, 0.717) is 55.6 Å². The number of likely N-dealkylation sites (tertiary alicyclic amines) is 1. The van der Waals surface area contributed by atoms with Gasteiger partial charge in [-0.25, -0.2) is 17.8 Å². The molecule has 3 aromatic rings. The maximum absolute atomic E-state index is 14.2. The van der Waals surface area contributed by atoms with E-state index in [2.05, 4.69) is 9.88 Å². The molecule has 1 aromatic carbocycles. The van der Waals surface area contributed by atoms with E-state index in [-0.39, 0.29) is 28.6 Å². The lowest BCUT2D eigenvalue weighted by Gasteiger charge is -2.47. The highest BCUT2D eigenvalue weighted by molar-refractivity contribution is 7.91. The van der Waals surface area contributed by atoms with Crippen LogP contribution >= 0.6 is 11.3 Å². The number of pyridine rings is 1. The van der Waals surface area contributed by atoms with Crippen LogP contribution in [0.2, 0.25) is 0 Å².